The molecule has 0 atom stereocenters. The van der Waals surface area contributed by atoms with E-state index in [4.69, 9.17) is 21.6 Å². The number of imidazole rings is 1. The maximum absolute atomic E-state index is 6.62. The van der Waals surface area contributed by atoms with Crippen LogP contribution in [0.5, 0.6) is 0 Å². The van der Waals surface area contributed by atoms with Crippen molar-refractivity contribution in [3.63, 3.8) is 0 Å². The van der Waals surface area contributed by atoms with Crippen molar-refractivity contribution in [3.05, 3.63) is 28.0 Å². The highest BCUT2D eigenvalue weighted by Gasteiger charge is 2.23. The molecule has 0 spiro atoms. The van der Waals surface area contributed by atoms with Crippen molar-refractivity contribution in [1.29, 1.82) is 0 Å². The molecule has 27 heavy (non-hydrogen) atoms. The summed E-state index contributed by atoms with van der Waals surface area (Å²) in [6.07, 6.45) is 1.92. The molecule has 1 saturated heterocycles. The highest BCUT2D eigenvalue weighted by molar-refractivity contribution is 9.10. The maximum atomic E-state index is 6.62. The molecule has 0 radical (unpaired) electrons. The Morgan fingerprint density at radius 3 is 2.59 bits per heavy atom. The van der Waals surface area contributed by atoms with Crippen molar-refractivity contribution in [2.45, 2.75) is 6.54 Å². The van der Waals surface area contributed by atoms with E-state index in [-0.39, 0.29) is 0 Å². The third-order valence-electron chi connectivity index (χ3n) is 5.17. The molecule has 1 aliphatic heterocycles. The molecule has 6 nitrogen and oxygen atoms in total. The van der Waals surface area contributed by atoms with Gasteiger partial charge in [0.15, 0.2) is 5.82 Å². The number of benzene rings is 1. The summed E-state index contributed by atoms with van der Waals surface area (Å²) in [5, 5.41) is 1.68. The van der Waals surface area contributed by atoms with Gasteiger partial charge in [-0.3, -0.25) is 0 Å². The van der Waals surface area contributed by atoms with Crippen molar-refractivity contribution in [2.24, 2.45) is 0 Å². The number of aromatic nitrogens is 3. The fourth-order valence-corrected chi connectivity index (χ4v) is 4.22. The summed E-state index contributed by atoms with van der Waals surface area (Å²) in [5.41, 5.74) is 2.91. The number of halogens is 2. The molecule has 0 saturated carbocycles. The zero-order chi connectivity index (χ0) is 19.1. The van der Waals surface area contributed by atoms with Crippen molar-refractivity contribution < 1.29 is 0 Å². The summed E-state index contributed by atoms with van der Waals surface area (Å²) in [4.78, 5) is 16.6. The first-order chi connectivity index (χ1) is 13.0. The highest BCUT2D eigenvalue weighted by Crippen LogP contribution is 2.38. The highest BCUT2D eigenvalue weighted by atomic mass is 79.9. The van der Waals surface area contributed by atoms with E-state index in [2.05, 4.69) is 56.3 Å². The number of likely N-dealkylation sites (N-methyl/N-ethyl adjacent to an activating group) is 2. The lowest BCUT2D eigenvalue weighted by Crippen LogP contribution is -2.44. The summed E-state index contributed by atoms with van der Waals surface area (Å²) in [6, 6.07) is 3.89. The molecule has 3 aromatic rings. The minimum Gasteiger partial charge on any atom is -0.352 e. The van der Waals surface area contributed by atoms with Gasteiger partial charge in [0.1, 0.15) is 5.52 Å². The molecule has 0 N–H and O–H groups in total. The monoisotopic (exact) mass is 450 g/mol. The lowest BCUT2D eigenvalue weighted by molar-refractivity contribution is 0.312. The number of hydrogen-bond acceptors (Lipinski definition) is 5. The first kappa shape index (κ1) is 18.9. The van der Waals surface area contributed by atoms with Crippen LogP contribution in [0.2, 0.25) is 5.02 Å². The van der Waals surface area contributed by atoms with Gasteiger partial charge in [0.2, 0.25) is 0 Å². The molecule has 1 aromatic carbocycles. The molecule has 0 unspecified atom stereocenters. The van der Waals surface area contributed by atoms with E-state index in [0.29, 0.717) is 5.02 Å². The number of fused-ring (bicyclic) bond motifs is 3. The number of nitrogens with zero attached hydrogens (tertiary/aromatic N) is 6. The van der Waals surface area contributed by atoms with Gasteiger partial charge in [-0.05, 0) is 49.2 Å². The van der Waals surface area contributed by atoms with Crippen LogP contribution in [-0.4, -0.2) is 78.2 Å². The molecule has 2 aromatic heterocycles. The van der Waals surface area contributed by atoms with Crippen LogP contribution < -0.4 is 4.90 Å². The third kappa shape index (κ3) is 3.53. The molecule has 1 aliphatic rings. The average molecular weight is 452 g/mol. The average Bonchev–Trinajstić information content (AvgIpc) is 3.07. The smallest absolute Gasteiger partial charge is 0.157 e. The summed E-state index contributed by atoms with van der Waals surface area (Å²) in [7, 11) is 6.32. The van der Waals surface area contributed by atoms with Gasteiger partial charge in [0.05, 0.1) is 22.4 Å². The molecular weight excluding hydrogens is 428 g/mol. The molecule has 144 valence electrons. The van der Waals surface area contributed by atoms with Gasteiger partial charge in [-0.1, -0.05) is 11.6 Å². The van der Waals surface area contributed by atoms with Crippen molar-refractivity contribution in [2.75, 3.05) is 58.8 Å². The summed E-state index contributed by atoms with van der Waals surface area (Å²) < 4.78 is 3.16. The Labute approximate surface area is 172 Å². The van der Waals surface area contributed by atoms with Gasteiger partial charge in [-0.2, -0.15) is 0 Å². The van der Waals surface area contributed by atoms with Crippen LogP contribution in [-0.2, 0) is 6.54 Å². The van der Waals surface area contributed by atoms with Crippen molar-refractivity contribution >= 4 is 55.3 Å². The van der Waals surface area contributed by atoms with Crippen LogP contribution in [0.4, 0.5) is 5.82 Å². The topological polar surface area (TPSA) is 40.4 Å². The fourth-order valence-electron chi connectivity index (χ4n) is 3.56. The largest absolute Gasteiger partial charge is 0.352 e. The number of anilines is 1. The van der Waals surface area contributed by atoms with Crippen LogP contribution in [0.3, 0.4) is 0 Å². The van der Waals surface area contributed by atoms with E-state index in [1.165, 1.54) is 0 Å². The summed E-state index contributed by atoms with van der Waals surface area (Å²) >= 11 is 10.3. The van der Waals surface area contributed by atoms with Crippen LogP contribution in [0.25, 0.3) is 21.9 Å². The van der Waals surface area contributed by atoms with Crippen LogP contribution >= 0.6 is 27.5 Å². The number of piperazine rings is 1. The van der Waals surface area contributed by atoms with Crippen LogP contribution in [0.1, 0.15) is 0 Å². The quantitative estimate of drug-likeness (QED) is 0.609. The van der Waals surface area contributed by atoms with Gasteiger partial charge >= 0.3 is 0 Å². The van der Waals surface area contributed by atoms with Crippen LogP contribution in [0, 0.1) is 0 Å². The zero-order valence-corrected chi connectivity index (χ0v) is 18.3. The Morgan fingerprint density at radius 1 is 1.15 bits per heavy atom. The molecule has 8 heteroatoms. The predicted molar refractivity (Wildman–Crippen MR) is 116 cm³/mol. The van der Waals surface area contributed by atoms with Gasteiger partial charge in [0.25, 0.3) is 0 Å². The Hall–Kier alpha value is -1.41. The molecular formula is C19H24BrClN6. The van der Waals surface area contributed by atoms with Crippen molar-refractivity contribution in [3.8, 4) is 0 Å². The van der Waals surface area contributed by atoms with Gasteiger partial charge in [-0.25, -0.2) is 9.97 Å². The number of hydrogen-bond donors (Lipinski definition) is 0. The minimum atomic E-state index is 0.710. The molecule has 3 heterocycles. The molecule has 0 aliphatic carbocycles. The fraction of sp³-hybridized carbons (Fsp3) is 0.474. The van der Waals surface area contributed by atoms with Gasteiger partial charge in [0, 0.05) is 49.1 Å². The van der Waals surface area contributed by atoms with E-state index in [1.807, 2.05) is 18.5 Å². The van der Waals surface area contributed by atoms with Crippen molar-refractivity contribution in [1.82, 2.24) is 24.3 Å². The predicted octanol–water partition coefficient (Wildman–Crippen LogP) is 3.31. The van der Waals surface area contributed by atoms with E-state index in [0.717, 1.165) is 71.5 Å². The first-order valence-corrected chi connectivity index (χ1v) is 10.3. The Kier molecular flexibility index (Phi) is 5.29. The molecule has 1 fully saturated rings. The maximum Gasteiger partial charge on any atom is 0.157 e. The van der Waals surface area contributed by atoms with Crippen LogP contribution in [0.15, 0.2) is 22.9 Å². The second-order valence-corrected chi connectivity index (χ2v) is 8.68. The summed E-state index contributed by atoms with van der Waals surface area (Å²) in [5.74, 6) is 0.956. The van der Waals surface area contributed by atoms with E-state index >= 15 is 0 Å². The number of pyridine rings is 1. The molecule has 0 amide bonds. The lowest BCUT2D eigenvalue weighted by Gasteiger charge is -2.33. The Bertz CT molecular complexity index is 977. The second kappa shape index (κ2) is 7.54. The lowest BCUT2D eigenvalue weighted by atomic mass is 10.1. The second-order valence-electron chi connectivity index (χ2n) is 7.42. The zero-order valence-electron chi connectivity index (χ0n) is 15.9. The minimum absolute atomic E-state index is 0.710. The normalized spacial score (nSPS) is 16.1. The van der Waals surface area contributed by atoms with E-state index in [1.54, 1.807) is 0 Å². The standard InChI is InChI=1S/C19H24BrClN6/c1-24(2)6-9-27-12-22-17-18(27)15-14(21)5-4-13(20)16(15)23-19(17)26-10-7-25(3)8-11-26/h4-5,12H,6-11H2,1-3H3. The Morgan fingerprint density at radius 2 is 1.89 bits per heavy atom. The van der Waals surface area contributed by atoms with E-state index < -0.39 is 0 Å². The molecule has 4 rings (SSSR count). The third-order valence-corrected chi connectivity index (χ3v) is 6.13. The number of rotatable bonds is 4. The first-order valence-electron chi connectivity index (χ1n) is 9.16. The molecule has 0 bridgehead atoms. The Balaban J connectivity index is 1.94. The van der Waals surface area contributed by atoms with Gasteiger partial charge in [-0.15, -0.1) is 0 Å². The van der Waals surface area contributed by atoms with Gasteiger partial charge < -0.3 is 19.3 Å². The summed E-state index contributed by atoms with van der Waals surface area (Å²) in [6.45, 7) is 5.75. The van der Waals surface area contributed by atoms with E-state index in [9.17, 15) is 0 Å². The SMILES string of the molecule is CN(C)CCn1cnc2c(N3CCN(C)CC3)nc3c(Br)ccc(Cl)c3c21.